The summed E-state index contributed by atoms with van der Waals surface area (Å²) in [5.41, 5.74) is 12.9. The van der Waals surface area contributed by atoms with E-state index >= 15 is 0 Å². The Kier molecular flexibility index (Phi) is 3.35. The first-order chi connectivity index (χ1) is 8.63. The van der Waals surface area contributed by atoms with Gasteiger partial charge in [0.15, 0.2) is 0 Å². The summed E-state index contributed by atoms with van der Waals surface area (Å²) < 4.78 is 5.24. The molecule has 4 N–H and O–H groups in total. The van der Waals surface area contributed by atoms with Crippen molar-refractivity contribution in [2.24, 2.45) is 5.73 Å². The highest BCUT2D eigenvalue weighted by atomic mass is 16.5. The van der Waals surface area contributed by atoms with Gasteiger partial charge in [-0.1, -0.05) is 0 Å². The second-order valence-corrected chi connectivity index (χ2v) is 4.07. The fourth-order valence-corrected chi connectivity index (χ4v) is 2.01. The van der Waals surface area contributed by atoms with E-state index in [1.165, 1.54) is 0 Å². The molecule has 1 unspecified atom stereocenters. The summed E-state index contributed by atoms with van der Waals surface area (Å²) in [4.78, 5) is 13.2. The molecule has 94 valence electrons. The molecule has 1 aromatic carbocycles. The number of primary amides is 1. The normalized spacial score (nSPS) is 19.3. The molecule has 6 heteroatoms. The number of nitrogens with zero attached hydrogens (tertiary/aromatic N) is 2. The lowest BCUT2D eigenvalue weighted by Gasteiger charge is -2.36. The first kappa shape index (κ1) is 12.2. The third-order valence-corrected chi connectivity index (χ3v) is 2.92. The van der Waals surface area contributed by atoms with Crippen LogP contribution in [0.2, 0.25) is 0 Å². The molecule has 0 radical (unpaired) electrons. The second-order valence-electron chi connectivity index (χ2n) is 4.07. The molecule has 1 aromatic rings. The van der Waals surface area contributed by atoms with Gasteiger partial charge in [0.1, 0.15) is 6.04 Å². The van der Waals surface area contributed by atoms with E-state index in [1.807, 2.05) is 11.0 Å². The molecule has 2 rings (SSSR count). The van der Waals surface area contributed by atoms with Gasteiger partial charge in [-0.05, 0) is 18.2 Å². The number of carbonyl (C=O) groups excluding carboxylic acids is 1. The standard InChI is InChI=1S/C12H14N4O2/c13-6-8-1-2-10(9(14)5-8)16-3-4-18-7-11(16)12(15)17/h1-2,5,11H,3-4,7,14H2,(H2,15,17). The molecule has 1 heterocycles. The summed E-state index contributed by atoms with van der Waals surface area (Å²) in [6.45, 7) is 1.32. The topological polar surface area (TPSA) is 105 Å². The van der Waals surface area contributed by atoms with Crippen molar-refractivity contribution in [3.8, 4) is 6.07 Å². The average Bonchev–Trinajstić information content (AvgIpc) is 2.38. The van der Waals surface area contributed by atoms with Gasteiger partial charge in [0.2, 0.25) is 5.91 Å². The predicted molar refractivity (Wildman–Crippen MR) is 66.7 cm³/mol. The van der Waals surface area contributed by atoms with Crippen molar-refractivity contribution in [2.45, 2.75) is 6.04 Å². The largest absolute Gasteiger partial charge is 0.397 e. The number of ether oxygens (including phenoxy) is 1. The molecular weight excluding hydrogens is 232 g/mol. The van der Waals surface area contributed by atoms with Crippen molar-refractivity contribution < 1.29 is 9.53 Å². The predicted octanol–water partition coefficient (Wildman–Crippen LogP) is -0.169. The van der Waals surface area contributed by atoms with Crippen LogP contribution in [0.3, 0.4) is 0 Å². The Bertz CT molecular complexity index is 509. The van der Waals surface area contributed by atoms with Crippen LogP contribution in [0.4, 0.5) is 11.4 Å². The Morgan fingerprint density at radius 3 is 2.94 bits per heavy atom. The summed E-state index contributed by atoms with van der Waals surface area (Å²) in [7, 11) is 0. The highest BCUT2D eigenvalue weighted by Crippen LogP contribution is 2.27. The molecule has 1 amide bonds. The molecule has 18 heavy (non-hydrogen) atoms. The highest BCUT2D eigenvalue weighted by Gasteiger charge is 2.28. The monoisotopic (exact) mass is 246 g/mol. The Labute approximate surface area is 105 Å². The third kappa shape index (κ3) is 2.21. The van der Waals surface area contributed by atoms with Crippen molar-refractivity contribution in [3.63, 3.8) is 0 Å². The molecule has 1 aliphatic heterocycles. The third-order valence-electron chi connectivity index (χ3n) is 2.92. The van der Waals surface area contributed by atoms with E-state index in [0.717, 1.165) is 0 Å². The number of benzene rings is 1. The fraction of sp³-hybridized carbons (Fsp3) is 0.333. The van der Waals surface area contributed by atoms with Crippen LogP contribution in [0.25, 0.3) is 0 Å². The van der Waals surface area contributed by atoms with Gasteiger partial charge >= 0.3 is 0 Å². The molecule has 0 aliphatic carbocycles. The molecular formula is C12H14N4O2. The van der Waals surface area contributed by atoms with E-state index in [9.17, 15) is 4.79 Å². The Balaban J connectivity index is 2.34. The number of hydrogen-bond acceptors (Lipinski definition) is 5. The number of nitriles is 1. The van der Waals surface area contributed by atoms with Crippen LogP contribution in [-0.4, -0.2) is 31.7 Å². The molecule has 0 bridgehead atoms. The van der Waals surface area contributed by atoms with Crippen LogP contribution < -0.4 is 16.4 Å². The van der Waals surface area contributed by atoms with Crippen molar-refractivity contribution >= 4 is 17.3 Å². The van der Waals surface area contributed by atoms with Crippen molar-refractivity contribution in [2.75, 3.05) is 30.4 Å². The lowest BCUT2D eigenvalue weighted by molar-refractivity contribution is -0.121. The van der Waals surface area contributed by atoms with Crippen molar-refractivity contribution in [3.05, 3.63) is 23.8 Å². The van der Waals surface area contributed by atoms with Crippen LogP contribution in [0.5, 0.6) is 0 Å². The van der Waals surface area contributed by atoms with E-state index in [2.05, 4.69) is 0 Å². The van der Waals surface area contributed by atoms with Crippen LogP contribution in [0.1, 0.15) is 5.56 Å². The average molecular weight is 246 g/mol. The molecule has 1 saturated heterocycles. The van der Waals surface area contributed by atoms with Crippen LogP contribution >= 0.6 is 0 Å². The number of nitrogen functional groups attached to an aromatic ring is 1. The minimum Gasteiger partial charge on any atom is -0.397 e. The molecule has 0 saturated carbocycles. The van der Waals surface area contributed by atoms with Gasteiger partial charge in [0.25, 0.3) is 0 Å². The van der Waals surface area contributed by atoms with Crippen molar-refractivity contribution in [1.82, 2.24) is 0 Å². The van der Waals surface area contributed by atoms with E-state index in [-0.39, 0.29) is 6.61 Å². The number of carbonyl (C=O) groups is 1. The van der Waals surface area contributed by atoms with E-state index in [0.29, 0.717) is 30.1 Å². The summed E-state index contributed by atoms with van der Waals surface area (Å²) in [6.07, 6.45) is 0. The maximum atomic E-state index is 11.4. The highest BCUT2D eigenvalue weighted by molar-refractivity contribution is 5.86. The number of rotatable bonds is 2. The van der Waals surface area contributed by atoms with Gasteiger partial charge < -0.3 is 21.1 Å². The second kappa shape index (κ2) is 4.94. The van der Waals surface area contributed by atoms with E-state index < -0.39 is 11.9 Å². The van der Waals surface area contributed by atoms with Gasteiger partial charge in [-0.15, -0.1) is 0 Å². The minimum absolute atomic E-state index is 0.259. The Morgan fingerprint density at radius 2 is 2.33 bits per heavy atom. The van der Waals surface area contributed by atoms with Gasteiger partial charge in [-0.25, -0.2) is 0 Å². The van der Waals surface area contributed by atoms with Gasteiger partial charge in [0, 0.05) is 6.54 Å². The number of hydrogen-bond donors (Lipinski definition) is 2. The SMILES string of the molecule is N#Cc1ccc(N2CCOCC2C(N)=O)c(N)c1. The van der Waals surface area contributed by atoms with Gasteiger partial charge in [0.05, 0.1) is 36.2 Å². The summed E-state index contributed by atoms with van der Waals surface area (Å²) in [5.74, 6) is -0.446. The zero-order valence-corrected chi connectivity index (χ0v) is 9.80. The van der Waals surface area contributed by atoms with E-state index in [1.54, 1.807) is 18.2 Å². The Morgan fingerprint density at radius 1 is 1.56 bits per heavy atom. The van der Waals surface area contributed by atoms with Crippen LogP contribution in [-0.2, 0) is 9.53 Å². The summed E-state index contributed by atoms with van der Waals surface area (Å²) in [6, 6.07) is 6.48. The van der Waals surface area contributed by atoms with Crippen LogP contribution in [0, 0.1) is 11.3 Å². The molecule has 1 fully saturated rings. The number of amides is 1. The number of nitrogens with two attached hydrogens (primary N) is 2. The smallest absolute Gasteiger partial charge is 0.242 e. The fourth-order valence-electron chi connectivity index (χ4n) is 2.01. The molecule has 6 nitrogen and oxygen atoms in total. The number of morpholine rings is 1. The molecule has 1 atom stereocenters. The quantitative estimate of drug-likeness (QED) is 0.705. The van der Waals surface area contributed by atoms with Gasteiger partial charge in [-0.3, -0.25) is 4.79 Å². The lowest BCUT2D eigenvalue weighted by atomic mass is 10.1. The van der Waals surface area contributed by atoms with Gasteiger partial charge in [-0.2, -0.15) is 5.26 Å². The molecule has 0 aromatic heterocycles. The first-order valence-corrected chi connectivity index (χ1v) is 5.57. The summed E-state index contributed by atoms with van der Waals surface area (Å²) >= 11 is 0. The zero-order valence-electron chi connectivity index (χ0n) is 9.80. The minimum atomic E-state index is -0.519. The molecule has 0 spiro atoms. The lowest BCUT2D eigenvalue weighted by Crippen LogP contribution is -2.52. The zero-order chi connectivity index (χ0) is 13.1. The van der Waals surface area contributed by atoms with Crippen molar-refractivity contribution in [1.29, 1.82) is 5.26 Å². The molecule has 1 aliphatic rings. The maximum Gasteiger partial charge on any atom is 0.242 e. The Hall–Kier alpha value is -2.26. The maximum absolute atomic E-state index is 11.4. The van der Waals surface area contributed by atoms with E-state index in [4.69, 9.17) is 21.5 Å². The summed E-state index contributed by atoms with van der Waals surface area (Å²) in [5, 5.41) is 8.79. The first-order valence-electron chi connectivity index (χ1n) is 5.57. The van der Waals surface area contributed by atoms with Crippen LogP contribution in [0.15, 0.2) is 18.2 Å². The number of anilines is 2.